The van der Waals surface area contributed by atoms with Crippen LogP contribution < -0.4 is 0 Å². The quantitative estimate of drug-likeness (QED) is 0.411. The van der Waals surface area contributed by atoms with Crippen molar-refractivity contribution >= 4 is 37.6 Å². The van der Waals surface area contributed by atoms with E-state index in [0.29, 0.717) is 22.2 Å². The van der Waals surface area contributed by atoms with Gasteiger partial charge in [0.1, 0.15) is 11.2 Å². The molecule has 0 bridgehead atoms. The third-order valence-corrected chi connectivity index (χ3v) is 11.0. The van der Waals surface area contributed by atoms with Gasteiger partial charge < -0.3 is 24.3 Å². The number of amides is 1. The molecule has 2 N–H and O–H groups in total. The molecule has 184 valence electrons. The van der Waals surface area contributed by atoms with Crippen LogP contribution in [0, 0.1) is 0 Å². The third kappa shape index (κ3) is 8.50. The standard InChI is InChI=1S/C23H39Cl2NO5Si/c1-21(2,3)31-20(28)26(12-13-27)16-23(29,17-9-10-18(24)19(25)15-17)11-14-30-32(7,8)22(4,5)6/h9-10,15,27,29H,11-14,16H2,1-8H3/t23-/m0/s1. The Morgan fingerprint density at radius 2 is 1.69 bits per heavy atom. The van der Waals surface area contributed by atoms with E-state index in [2.05, 4.69) is 33.9 Å². The fraction of sp³-hybridized carbons (Fsp3) is 0.696. The molecule has 1 aromatic carbocycles. The highest BCUT2D eigenvalue weighted by molar-refractivity contribution is 6.74. The molecule has 0 spiro atoms. The highest BCUT2D eigenvalue weighted by Crippen LogP contribution is 2.38. The molecule has 0 heterocycles. The van der Waals surface area contributed by atoms with Gasteiger partial charge in [-0.25, -0.2) is 4.79 Å². The van der Waals surface area contributed by atoms with Crippen LogP contribution in [0.15, 0.2) is 18.2 Å². The Morgan fingerprint density at radius 3 is 2.16 bits per heavy atom. The third-order valence-electron chi connectivity index (χ3n) is 5.72. The van der Waals surface area contributed by atoms with Crippen molar-refractivity contribution in [2.45, 2.75) is 77.3 Å². The second-order valence-electron chi connectivity index (χ2n) is 10.6. The molecule has 0 aliphatic carbocycles. The van der Waals surface area contributed by atoms with Gasteiger partial charge in [-0.3, -0.25) is 0 Å². The highest BCUT2D eigenvalue weighted by Gasteiger charge is 2.39. The van der Waals surface area contributed by atoms with E-state index < -0.39 is 25.6 Å². The number of carbonyl (C=O) groups excluding carboxylic acids is 1. The number of nitrogens with zero attached hydrogens (tertiary/aromatic N) is 1. The first kappa shape index (κ1) is 29.2. The predicted molar refractivity (Wildman–Crippen MR) is 133 cm³/mol. The molecule has 6 nitrogen and oxygen atoms in total. The lowest BCUT2D eigenvalue weighted by Crippen LogP contribution is -2.48. The molecule has 1 aromatic rings. The van der Waals surface area contributed by atoms with Crippen LogP contribution in [-0.2, 0) is 14.8 Å². The maximum absolute atomic E-state index is 12.8. The first-order chi connectivity index (χ1) is 14.4. The van der Waals surface area contributed by atoms with Crippen LogP contribution in [0.5, 0.6) is 0 Å². The van der Waals surface area contributed by atoms with E-state index in [0.717, 1.165) is 0 Å². The van der Waals surface area contributed by atoms with E-state index in [1.165, 1.54) is 4.90 Å². The van der Waals surface area contributed by atoms with E-state index in [1.807, 2.05) is 0 Å². The van der Waals surface area contributed by atoms with Crippen molar-refractivity contribution in [1.82, 2.24) is 4.90 Å². The van der Waals surface area contributed by atoms with Crippen molar-refractivity contribution in [3.63, 3.8) is 0 Å². The molecule has 0 saturated carbocycles. The Kier molecular flexibility index (Phi) is 10.1. The molecule has 32 heavy (non-hydrogen) atoms. The van der Waals surface area contributed by atoms with E-state index >= 15 is 0 Å². The summed E-state index contributed by atoms with van der Waals surface area (Å²) in [5.74, 6) is 0. The monoisotopic (exact) mass is 507 g/mol. The number of aliphatic hydroxyl groups is 2. The summed E-state index contributed by atoms with van der Waals surface area (Å²) in [5, 5.41) is 22.0. The molecule has 0 unspecified atom stereocenters. The van der Waals surface area contributed by atoms with Crippen LogP contribution in [0.3, 0.4) is 0 Å². The molecule has 0 saturated heterocycles. The molecular weight excluding hydrogens is 469 g/mol. The average Bonchev–Trinajstić information content (AvgIpc) is 2.61. The number of aliphatic hydroxyl groups excluding tert-OH is 1. The number of rotatable bonds is 9. The zero-order valence-electron chi connectivity index (χ0n) is 20.6. The van der Waals surface area contributed by atoms with Crippen molar-refractivity contribution < 1.29 is 24.2 Å². The first-order valence-electron chi connectivity index (χ1n) is 10.8. The summed E-state index contributed by atoms with van der Waals surface area (Å²) in [4.78, 5) is 14.1. The van der Waals surface area contributed by atoms with Crippen LogP contribution in [0.2, 0.25) is 28.2 Å². The van der Waals surface area contributed by atoms with E-state index in [-0.39, 0.29) is 31.2 Å². The molecule has 0 aliphatic heterocycles. The maximum atomic E-state index is 12.8. The minimum Gasteiger partial charge on any atom is -0.444 e. The van der Waals surface area contributed by atoms with Crippen molar-refractivity contribution in [2.24, 2.45) is 0 Å². The Balaban J connectivity index is 3.23. The molecular formula is C23H39Cl2NO5Si. The van der Waals surface area contributed by atoms with Crippen molar-refractivity contribution in [2.75, 3.05) is 26.3 Å². The summed E-state index contributed by atoms with van der Waals surface area (Å²) in [6.45, 7) is 16.0. The smallest absolute Gasteiger partial charge is 0.410 e. The second-order valence-corrected chi connectivity index (χ2v) is 16.3. The molecule has 9 heteroatoms. The van der Waals surface area contributed by atoms with Gasteiger partial charge in [0.05, 0.1) is 23.2 Å². The van der Waals surface area contributed by atoms with Crippen LogP contribution in [0.4, 0.5) is 4.79 Å². The summed E-state index contributed by atoms with van der Waals surface area (Å²) in [5.41, 5.74) is -1.68. The molecule has 0 aromatic heterocycles. The van der Waals surface area contributed by atoms with Gasteiger partial charge in [-0.1, -0.05) is 50.0 Å². The van der Waals surface area contributed by atoms with Gasteiger partial charge in [0.25, 0.3) is 0 Å². The van der Waals surface area contributed by atoms with Gasteiger partial charge in [0.2, 0.25) is 0 Å². The van der Waals surface area contributed by atoms with E-state index in [9.17, 15) is 15.0 Å². The van der Waals surface area contributed by atoms with E-state index in [1.54, 1.807) is 39.0 Å². The maximum Gasteiger partial charge on any atom is 0.410 e. The Bertz CT molecular complexity index is 777. The van der Waals surface area contributed by atoms with Crippen LogP contribution in [-0.4, -0.2) is 61.4 Å². The predicted octanol–water partition coefficient (Wildman–Crippen LogP) is 5.82. The zero-order valence-corrected chi connectivity index (χ0v) is 23.1. The van der Waals surface area contributed by atoms with Gasteiger partial charge in [0, 0.05) is 19.6 Å². The van der Waals surface area contributed by atoms with Gasteiger partial charge >= 0.3 is 6.09 Å². The largest absolute Gasteiger partial charge is 0.444 e. The molecule has 0 radical (unpaired) electrons. The lowest BCUT2D eigenvalue weighted by atomic mass is 9.90. The summed E-state index contributed by atoms with van der Waals surface area (Å²) in [6.07, 6.45) is -0.391. The van der Waals surface area contributed by atoms with Crippen LogP contribution >= 0.6 is 23.2 Å². The highest BCUT2D eigenvalue weighted by atomic mass is 35.5. The Morgan fingerprint density at radius 1 is 1.09 bits per heavy atom. The molecule has 1 rings (SSSR count). The summed E-state index contributed by atoms with van der Waals surface area (Å²) >= 11 is 12.3. The topological polar surface area (TPSA) is 79.2 Å². The number of ether oxygens (including phenoxy) is 1. The molecule has 1 atom stereocenters. The Labute approximate surface area is 203 Å². The fourth-order valence-corrected chi connectivity index (χ4v) is 4.13. The van der Waals surface area contributed by atoms with Crippen LogP contribution in [0.25, 0.3) is 0 Å². The number of benzene rings is 1. The summed E-state index contributed by atoms with van der Waals surface area (Å²) < 4.78 is 11.8. The minimum absolute atomic E-state index is 0.0155. The van der Waals surface area contributed by atoms with Gasteiger partial charge in [-0.2, -0.15) is 0 Å². The van der Waals surface area contributed by atoms with Crippen molar-refractivity contribution in [3.05, 3.63) is 33.8 Å². The number of carbonyl (C=O) groups is 1. The fourth-order valence-electron chi connectivity index (χ4n) is 2.79. The van der Waals surface area contributed by atoms with Crippen molar-refractivity contribution in [3.8, 4) is 0 Å². The van der Waals surface area contributed by atoms with Gasteiger partial charge in [-0.15, -0.1) is 0 Å². The first-order valence-corrected chi connectivity index (χ1v) is 14.5. The van der Waals surface area contributed by atoms with Crippen LogP contribution in [0.1, 0.15) is 53.5 Å². The minimum atomic E-state index is -2.04. The SMILES string of the molecule is CC(C)(C)OC(=O)N(CCO)C[C@@](O)(CCO[Si](C)(C)C(C)(C)C)c1ccc(Cl)c(Cl)c1. The normalized spacial score (nSPS) is 14.8. The van der Waals surface area contributed by atoms with Gasteiger partial charge in [-0.05, 0) is 56.6 Å². The lowest BCUT2D eigenvalue weighted by molar-refractivity contribution is -0.0347. The number of hydrogen-bond acceptors (Lipinski definition) is 5. The molecule has 0 fully saturated rings. The molecule has 0 aliphatic rings. The lowest BCUT2D eigenvalue weighted by Gasteiger charge is -2.39. The summed E-state index contributed by atoms with van der Waals surface area (Å²) in [6, 6.07) is 4.90. The second kappa shape index (κ2) is 11.1. The van der Waals surface area contributed by atoms with Gasteiger partial charge in [0.15, 0.2) is 8.32 Å². The Hall–Kier alpha value is -0.833. The van der Waals surface area contributed by atoms with E-state index in [4.69, 9.17) is 32.4 Å². The summed E-state index contributed by atoms with van der Waals surface area (Å²) in [7, 11) is -2.04. The average molecular weight is 509 g/mol. The molecule has 1 amide bonds. The number of hydrogen-bond donors (Lipinski definition) is 2. The zero-order chi connectivity index (χ0) is 25.0. The number of halogens is 2. The van der Waals surface area contributed by atoms with Crippen molar-refractivity contribution in [1.29, 1.82) is 0 Å².